The van der Waals surface area contributed by atoms with Gasteiger partial charge in [0.1, 0.15) is 12.5 Å². The minimum Gasteiger partial charge on any atom is -0.392 e. The van der Waals surface area contributed by atoms with E-state index in [1.54, 1.807) is 0 Å². The predicted octanol–water partition coefficient (Wildman–Crippen LogP) is -2.46. The Morgan fingerprint density at radius 2 is 1.40 bits per heavy atom. The monoisotopic (exact) mass is 151 g/mol. The van der Waals surface area contributed by atoms with Crippen LogP contribution in [0, 0.1) is 0 Å². The van der Waals surface area contributed by atoms with E-state index in [0.29, 0.717) is 0 Å². The third kappa shape index (κ3) is 2.59. The molecule has 2 unspecified atom stereocenters. The zero-order valence-corrected chi connectivity index (χ0v) is 5.80. The predicted molar refractivity (Wildman–Crippen MR) is 33.9 cm³/mol. The largest absolute Gasteiger partial charge is 0.392 e. The molecule has 0 saturated heterocycles. The molecule has 0 amide bonds. The van der Waals surface area contributed by atoms with Gasteiger partial charge in [0.2, 0.25) is 0 Å². The van der Waals surface area contributed by atoms with E-state index in [-0.39, 0.29) is 0 Å². The van der Waals surface area contributed by atoms with Gasteiger partial charge in [0.05, 0.1) is 13.2 Å². The molecule has 0 spiro atoms. The molecule has 5 heteroatoms. The Bertz CT molecular complexity index is 79.7. The van der Waals surface area contributed by atoms with Crippen LogP contribution in [0.4, 0.5) is 0 Å². The first-order valence-electron chi connectivity index (χ1n) is 2.93. The topological polar surface area (TPSA) is 84.2 Å². The van der Waals surface area contributed by atoms with E-state index in [2.05, 4.69) is 0 Å². The molecule has 0 aromatic carbocycles. The fourth-order valence-corrected chi connectivity index (χ4v) is 0.456. The molecule has 0 saturated carbocycles. The molecule has 0 aliphatic heterocycles. The molecule has 0 aliphatic rings. The average Bonchev–Trinajstić information content (AvgIpc) is 2.00. The summed E-state index contributed by atoms with van der Waals surface area (Å²) < 4.78 is 0. The highest BCUT2D eigenvalue weighted by molar-refractivity contribution is 4.57. The van der Waals surface area contributed by atoms with Gasteiger partial charge in [-0.05, 0) is 7.05 Å². The molecule has 62 valence electrons. The summed E-state index contributed by atoms with van der Waals surface area (Å²) in [4.78, 5) is 1.06. The van der Waals surface area contributed by atoms with Crippen LogP contribution in [0.3, 0.4) is 0 Å². The highest BCUT2D eigenvalue weighted by Crippen LogP contribution is 1.95. The van der Waals surface area contributed by atoms with E-state index in [9.17, 15) is 0 Å². The van der Waals surface area contributed by atoms with Gasteiger partial charge in [-0.2, -0.15) is 0 Å². The Morgan fingerprint density at radius 3 is 1.60 bits per heavy atom. The number of aliphatic hydroxyl groups excluding tert-OH is 4. The SMILES string of the molecule is CN(C(O)CO)C(O)CO. The fourth-order valence-electron chi connectivity index (χ4n) is 0.456. The molecule has 0 aromatic rings. The van der Waals surface area contributed by atoms with Gasteiger partial charge in [-0.1, -0.05) is 0 Å². The molecule has 0 rings (SSSR count). The van der Waals surface area contributed by atoms with Crippen LogP contribution in [-0.4, -0.2) is 58.0 Å². The third-order valence-electron chi connectivity index (χ3n) is 1.27. The molecule has 10 heavy (non-hydrogen) atoms. The summed E-state index contributed by atoms with van der Waals surface area (Å²) in [5, 5.41) is 34.4. The van der Waals surface area contributed by atoms with Gasteiger partial charge < -0.3 is 20.4 Å². The lowest BCUT2D eigenvalue weighted by molar-refractivity contribution is -0.119. The molecule has 0 fully saturated rings. The second kappa shape index (κ2) is 4.59. The standard InChI is InChI=1S/C5H13NO4/c1-6(4(9)2-7)5(10)3-8/h4-5,7-10H,2-3H2,1H3. The van der Waals surface area contributed by atoms with E-state index < -0.39 is 25.7 Å². The Kier molecular flexibility index (Phi) is 4.50. The summed E-state index contributed by atoms with van der Waals surface area (Å²) in [5.41, 5.74) is 0. The molecule has 2 atom stereocenters. The number of hydrogen-bond donors (Lipinski definition) is 4. The minimum absolute atomic E-state index is 0.465. The van der Waals surface area contributed by atoms with Crippen LogP contribution in [0.2, 0.25) is 0 Å². The smallest absolute Gasteiger partial charge is 0.132 e. The molecular weight excluding hydrogens is 138 g/mol. The number of hydrogen-bond acceptors (Lipinski definition) is 5. The molecule has 0 radical (unpaired) electrons. The zero-order valence-electron chi connectivity index (χ0n) is 5.80. The minimum atomic E-state index is -1.12. The van der Waals surface area contributed by atoms with E-state index in [0.717, 1.165) is 4.90 Å². The third-order valence-corrected chi connectivity index (χ3v) is 1.27. The van der Waals surface area contributed by atoms with E-state index in [1.165, 1.54) is 7.05 Å². The van der Waals surface area contributed by atoms with Crippen molar-refractivity contribution in [1.29, 1.82) is 0 Å². The van der Waals surface area contributed by atoms with Gasteiger partial charge >= 0.3 is 0 Å². The van der Waals surface area contributed by atoms with Crippen molar-refractivity contribution in [3.8, 4) is 0 Å². The van der Waals surface area contributed by atoms with Crippen LogP contribution in [0.1, 0.15) is 0 Å². The van der Waals surface area contributed by atoms with Crippen molar-refractivity contribution in [2.24, 2.45) is 0 Å². The number of likely N-dealkylation sites (N-methyl/N-ethyl adjacent to an activating group) is 1. The number of rotatable bonds is 4. The van der Waals surface area contributed by atoms with Crippen molar-refractivity contribution in [3.63, 3.8) is 0 Å². The average molecular weight is 151 g/mol. The number of nitrogens with zero attached hydrogens (tertiary/aromatic N) is 1. The van der Waals surface area contributed by atoms with Gasteiger partial charge in [-0.3, -0.25) is 4.90 Å². The fraction of sp³-hybridized carbons (Fsp3) is 1.00. The van der Waals surface area contributed by atoms with Gasteiger partial charge in [0.15, 0.2) is 0 Å². The van der Waals surface area contributed by atoms with Crippen molar-refractivity contribution in [1.82, 2.24) is 4.90 Å². The lowest BCUT2D eigenvalue weighted by atomic mass is 10.4. The highest BCUT2D eigenvalue weighted by atomic mass is 16.4. The summed E-state index contributed by atoms with van der Waals surface area (Å²) in [6.07, 6.45) is -2.25. The first-order valence-corrected chi connectivity index (χ1v) is 2.93. The van der Waals surface area contributed by atoms with Gasteiger partial charge in [-0.15, -0.1) is 0 Å². The molecule has 4 N–H and O–H groups in total. The molecule has 0 aromatic heterocycles. The van der Waals surface area contributed by atoms with Crippen LogP contribution in [0.5, 0.6) is 0 Å². The molecular formula is C5H13NO4. The van der Waals surface area contributed by atoms with Crippen molar-refractivity contribution in [2.45, 2.75) is 12.5 Å². The second-order valence-electron chi connectivity index (χ2n) is 1.99. The Balaban J connectivity index is 3.69. The van der Waals surface area contributed by atoms with Crippen LogP contribution < -0.4 is 0 Å². The van der Waals surface area contributed by atoms with Gasteiger partial charge in [-0.25, -0.2) is 0 Å². The van der Waals surface area contributed by atoms with Crippen LogP contribution in [-0.2, 0) is 0 Å². The Labute approximate surface area is 59.1 Å². The molecule has 5 nitrogen and oxygen atoms in total. The molecule has 0 bridgehead atoms. The summed E-state index contributed by atoms with van der Waals surface area (Å²) in [6.45, 7) is -0.929. The van der Waals surface area contributed by atoms with Crippen molar-refractivity contribution in [3.05, 3.63) is 0 Å². The first-order chi connectivity index (χ1) is 4.63. The lowest BCUT2D eigenvalue weighted by Crippen LogP contribution is -2.43. The maximum atomic E-state index is 8.83. The summed E-state index contributed by atoms with van der Waals surface area (Å²) in [6, 6.07) is 0. The summed E-state index contributed by atoms with van der Waals surface area (Å²) in [5.74, 6) is 0. The van der Waals surface area contributed by atoms with E-state index in [4.69, 9.17) is 20.4 Å². The normalized spacial score (nSPS) is 17.4. The van der Waals surface area contributed by atoms with Crippen LogP contribution in [0.25, 0.3) is 0 Å². The van der Waals surface area contributed by atoms with E-state index >= 15 is 0 Å². The van der Waals surface area contributed by atoms with Gasteiger partial charge in [0, 0.05) is 0 Å². The molecule has 0 aliphatic carbocycles. The first kappa shape index (κ1) is 9.80. The maximum Gasteiger partial charge on any atom is 0.132 e. The number of aliphatic hydroxyl groups is 4. The van der Waals surface area contributed by atoms with Crippen molar-refractivity contribution in [2.75, 3.05) is 20.3 Å². The maximum absolute atomic E-state index is 8.83. The summed E-state index contributed by atoms with van der Waals surface area (Å²) >= 11 is 0. The second-order valence-corrected chi connectivity index (χ2v) is 1.99. The quantitative estimate of drug-likeness (QED) is 0.335. The van der Waals surface area contributed by atoms with Crippen molar-refractivity contribution >= 4 is 0 Å². The summed E-state index contributed by atoms with van der Waals surface area (Å²) in [7, 11) is 1.39. The molecule has 0 heterocycles. The highest BCUT2D eigenvalue weighted by Gasteiger charge is 2.16. The van der Waals surface area contributed by atoms with Crippen LogP contribution >= 0.6 is 0 Å². The van der Waals surface area contributed by atoms with Crippen molar-refractivity contribution < 1.29 is 20.4 Å². The van der Waals surface area contributed by atoms with E-state index in [1.807, 2.05) is 0 Å². The van der Waals surface area contributed by atoms with Crippen LogP contribution in [0.15, 0.2) is 0 Å². The Hall–Kier alpha value is -0.200. The lowest BCUT2D eigenvalue weighted by Gasteiger charge is -2.25. The van der Waals surface area contributed by atoms with Gasteiger partial charge in [0.25, 0.3) is 0 Å². The zero-order chi connectivity index (χ0) is 8.15. The Morgan fingerprint density at radius 1 is 1.10 bits per heavy atom.